The van der Waals surface area contributed by atoms with Crippen LogP contribution in [-0.2, 0) is 16.8 Å². The smallest absolute Gasteiger partial charge is 0.321 e. The number of rotatable bonds is 2. The molecule has 2 N–H and O–H groups in total. The summed E-state index contributed by atoms with van der Waals surface area (Å²) in [5.41, 5.74) is 8.06. The first-order chi connectivity index (χ1) is 11.0. The number of nitrogens with zero attached hydrogens (tertiary/aromatic N) is 3. The highest BCUT2D eigenvalue weighted by atomic mass is 16.5. The zero-order valence-electron chi connectivity index (χ0n) is 12.9. The summed E-state index contributed by atoms with van der Waals surface area (Å²) in [5, 5.41) is 6.10. The molecule has 0 radical (unpaired) electrons. The van der Waals surface area contributed by atoms with Crippen molar-refractivity contribution in [3.05, 3.63) is 48.0 Å². The van der Waals surface area contributed by atoms with Crippen LogP contribution >= 0.6 is 0 Å². The van der Waals surface area contributed by atoms with E-state index in [1.807, 2.05) is 38.1 Å². The van der Waals surface area contributed by atoms with E-state index in [1.54, 1.807) is 11.0 Å². The average molecular weight is 308 g/mol. The molecule has 2 aromatic carbocycles. The van der Waals surface area contributed by atoms with Crippen molar-refractivity contribution in [1.29, 1.82) is 0 Å². The second-order valence-corrected chi connectivity index (χ2v) is 6.32. The molecule has 0 saturated carbocycles. The van der Waals surface area contributed by atoms with Crippen LogP contribution in [0.2, 0.25) is 0 Å². The molecule has 0 fully saturated rings. The van der Waals surface area contributed by atoms with E-state index in [1.165, 1.54) is 6.33 Å². The van der Waals surface area contributed by atoms with Crippen LogP contribution in [-0.4, -0.2) is 20.7 Å². The van der Waals surface area contributed by atoms with Crippen LogP contribution < -0.4 is 10.5 Å². The average Bonchev–Trinajstić information content (AvgIpc) is 3.08. The molecule has 0 unspecified atom stereocenters. The second-order valence-electron chi connectivity index (χ2n) is 6.32. The summed E-state index contributed by atoms with van der Waals surface area (Å²) in [7, 11) is 0. The Kier molecular flexibility index (Phi) is 2.72. The van der Waals surface area contributed by atoms with Gasteiger partial charge in [-0.2, -0.15) is 5.10 Å². The lowest BCUT2D eigenvalue weighted by atomic mass is 9.82. The molecule has 0 amide bonds. The number of nitrogen functional groups attached to an aromatic ring is 1. The maximum absolute atomic E-state index is 12.1. The summed E-state index contributed by atoms with van der Waals surface area (Å²) in [6.07, 6.45) is 3.14. The van der Waals surface area contributed by atoms with Gasteiger partial charge in [-0.25, -0.2) is 9.67 Å². The monoisotopic (exact) mass is 308 g/mol. The molecule has 0 saturated heterocycles. The first-order valence-electron chi connectivity index (χ1n) is 7.37. The van der Waals surface area contributed by atoms with Gasteiger partial charge in [-0.05, 0) is 48.4 Å². The Bertz CT molecular complexity index is 929. The molecule has 0 aliphatic carbocycles. The molecule has 2 heterocycles. The molecule has 4 rings (SSSR count). The van der Waals surface area contributed by atoms with Crippen LogP contribution in [0, 0.1) is 0 Å². The van der Waals surface area contributed by atoms with Gasteiger partial charge in [-0.1, -0.05) is 6.07 Å². The van der Waals surface area contributed by atoms with Crippen molar-refractivity contribution in [2.45, 2.75) is 25.8 Å². The molecule has 23 heavy (non-hydrogen) atoms. The normalized spacial score (nSPS) is 15.7. The third-order valence-corrected chi connectivity index (χ3v) is 4.38. The van der Waals surface area contributed by atoms with Gasteiger partial charge in [-0.15, -0.1) is 0 Å². The number of benzene rings is 2. The predicted octanol–water partition coefficient (Wildman–Crippen LogP) is 2.26. The van der Waals surface area contributed by atoms with E-state index in [4.69, 9.17) is 10.5 Å². The quantitative estimate of drug-likeness (QED) is 0.446. The van der Waals surface area contributed by atoms with E-state index in [0.717, 1.165) is 21.9 Å². The molecule has 0 spiro atoms. The topological polar surface area (TPSA) is 83.0 Å². The van der Waals surface area contributed by atoms with Gasteiger partial charge >= 0.3 is 5.97 Å². The Hall–Kier alpha value is -2.89. The first kappa shape index (κ1) is 13.8. The summed E-state index contributed by atoms with van der Waals surface area (Å²) >= 11 is 0. The maximum Gasteiger partial charge on any atom is 0.321 e. The van der Waals surface area contributed by atoms with Crippen molar-refractivity contribution in [3.8, 4) is 5.75 Å². The number of anilines is 1. The lowest BCUT2D eigenvalue weighted by Crippen LogP contribution is -2.26. The Morgan fingerprint density at radius 1 is 1.30 bits per heavy atom. The van der Waals surface area contributed by atoms with Crippen molar-refractivity contribution in [2.75, 3.05) is 5.73 Å². The molecule has 116 valence electrons. The van der Waals surface area contributed by atoms with Gasteiger partial charge in [0.15, 0.2) is 0 Å². The van der Waals surface area contributed by atoms with E-state index in [-0.39, 0.29) is 5.97 Å². The van der Waals surface area contributed by atoms with Crippen LogP contribution in [0.1, 0.15) is 25.0 Å². The number of fused-ring (bicyclic) bond motifs is 3. The molecule has 6 heteroatoms. The predicted molar refractivity (Wildman–Crippen MR) is 86.1 cm³/mol. The summed E-state index contributed by atoms with van der Waals surface area (Å²) in [6.45, 7) is 4.29. The molecule has 6 nitrogen and oxygen atoms in total. The molecule has 1 aliphatic heterocycles. The lowest BCUT2D eigenvalue weighted by molar-refractivity contribution is -0.137. The number of hydrogen-bond acceptors (Lipinski definition) is 5. The largest absolute Gasteiger partial charge is 0.426 e. The molecular weight excluding hydrogens is 292 g/mol. The van der Waals surface area contributed by atoms with E-state index in [9.17, 15) is 4.79 Å². The zero-order chi connectivity index (χ0) is 16.2. The highest BCUT2D eigenvalue weighted by Gasteiger charge is 2.42. The lowest BCUT2D eigenvalue weighted by Gasteiger charge is -2.17. The molecule has 1 aromatic heterocycles. The van der Waals surface area contributed by atoms with Crippen molar-refractivity contribution in [2.24, 2.45) is 0 Å². The Morgan fingerprint density at radius 3 is 2.87 bits per heavy atom. The minimum Gasteiger partial charge on any atom is -0.426 e. The summed E-state index contributed by atoms with van der Waals surface area (Å²) in [4.78, 5) is 16.1. The Labute approximate surface area is 132 Å². The molecule has 0 bridgehead atoms. The van der Waals surface area contributed by atoms with Crippen LogP contribution in [0.25, 0.3) is 10.8 Å². The Morgan fingerprint density at radius 2 is 2.13 bits per heavy atom. The van der Waals surface area contributed by atoms with Gasteiger partial charge in [0.05, 0.1) is 12.0 Å². The number of ether oxygens (including phenoxy) is 1. The number of aromatic nitrogens is 3. The van der Waals surface area contributed by atoms with Crippen LogP contribution in [0.5, 0.6) is 5.75 Å². The van der Waals surface area contributed by atoms with Crippen molar-refractivity contribution >= 4 is 22.4 Å². The first-order valence-corrected chi connectivity index (χ1v) is 7.37. The second kappa shape index (κ2) is 4.55. The SMILES string of the molecule is CC1(C)C(=O)Oc2ccc3cc(N)c(Cn4cncn4)cc3c21. The molecule has 0 atom stereocenters. The van der Waals surface area contributed by atoms with E-state index in [2.05, 4.69) is 10.1 Å². The van der Waals surface area contributed by atoms with Gasteiger partial charge in [-0.3, -0.25) is 4.79 Å². The van der Waals surface area contributed by atoms with Crippen LogP contribution in [0.15, 0.2) is 36.9 Å². The van der Waals surface area contributed by atoms with Crippen LogP contribution in [0.3, 0.4) is 0 Å². The number of nitrogens with two attached hydrogens (primary N) is 1. The van der Waals surface area contributed by atoms with Crippen molar-refractivity contribution in [3.63, 3.8) is 0 Å². The van der Waals surface area contributed by atoms with E-state index in [0.29, 0.717) is 18.0 Å². The highest BCUT2D eigenvalue weighted by molar-refractivity contribution is 6.01. The van der Waals surface area contributed by atoms with Gasteiger partial charge in [0.25, 0.3) is 0 Å². The van der Waals surface area contributed by atoms with Gasteiger partial charge in [0.1, 0.15) is 18.4 Å². The fraction of sp³-hybridized carbons (Fsp3) is 0.235. The third kappa shape index (κ3) is 1.98. The number of hydrogen-bond donors (Lipinski definition) is 1. The summed E-state index contributed by atoms with van der Waals surface area (Å²) in [5.74, 6) is 0.402. The summed E-state index contributed by atoms with van der Waals surface area (Å²) in [6, 6.07) is 7.72. The van der Waals surface area contributed by atoms with Crippen molar-refractivity contribution < 1.29 is 9.53 Å². The molecular formula is C17H16N4O2. The van der Waals surface area contributed by atoms with Crippen LogP contribution in [0.4, 0.5) is 5.69 Å². The highest BCUT2D eigenvalue weighted by Crippen LogP contribution is 2.44. The number of esters is 1. The standard InChI is InChI=1S/C17H16N4O2/c1-17(2)15-12-5-11(7-21-9-19-8-20-21)13(18)6-10(12)3-4-14(15)23-16(17)22/h3-6,8-9H,7,18H2,1-2H3. The zero-order valence-corrected chi connectivity index (χ0v) is 12.9. The number of carbonyl (C=O) groups is 1. The fourth-order valence-electron chi connectivity index (χ4n) is 3.10. The van der Waals surface area contributed by atoms with E-state index < -0.39 is 5.41 Å². The van der Waals surface area contributed by atoms with Gasteiger partial charge in [0.2, 0.25) is 0 Å². The van der Waals surface area contributed by atoms with Gasteiger partial charge in [0, 0.05) is 11.3 Å². The minimum absolute atomic E-state index is 0.227. The van der Waals surface area contributed by atoms with E-state index >= 15 is 0 Å². The summed E-state index contributed by atoms with van der Waals surface area (Å²) < 4.78 is 7.12. The molecule has 1 aliphatic rings. The van der Waals surface area contributed by atoms with Gasteiger partial charge < -0.3 is 10.5 Å². The Balaban J connectivity index is 1.94. The van der Waals surface area contributed by atoms with Crippen molar-refractivity contribution in [1.82, 2.24) is 14.8 Å². The molecule has 3 aromatic rings. The third-order valence-electron chi connectivity index (χ3n) is 4.38. The fourth-order valence-corrected chi connectivity index (χ4v) is 3.10. The maximum atomic E-state index is 12.1. The number of carbonyl (C=O) groups excluding carboxylic acids is 1. The minimum atomic E-state index is -0.671.